The number of rotatable bonds is 3. The van der Waals surface area contributed by atoms with Crippen LogP contribution < -0.4 is 10.6 Å². The molecule has 1 aliphatic rings. The van der Waals surface area contributed by atoms with Gasteiger partial charge in [0.05, 0.1) is 5.56 Å². The number of nitrogens with one attached hydrogen (secondary N) is 2. The first kappa shape index (κ1) is 16.2. The molecule has 1 saturated heterocycles. The first-order valence-electron chi connectivity index (χ1n) is 7.39. The lowest BCUT2D eigenvalue weighted by molar-refractivity contribution is -0.127. The summed E-state index contributed by atoms with van der Waals surface area (Å²) in [4.78, 5) is 29.7. The van der Waals surface area contributed by atoms with E-state index in [9.17, 15) is 9.59 Å². The summed E-state index contributed by atoms with van der Waals surface area (Å²) in [5, 5.41) is 5.94. The fourth-order valence-electron chi connectivity index (χ4n) is 2.60. The van der Waals surface area contributed by atoms with Crippen LogP contribution in [0.2, 0.25) is 0 Å². The summed E-state index contributed by atoms with van der Waals surface area (Å²) >= 11 is 0. The molecule has 1 fully saturated rings. The first-order chi connectivity index (χ1) is 10.5. The maximum Gasteiger partial charge on any atom is 0.252 e. The smallest absolute Gasteiger partial charge is 0.252 e. The number of hydrogen-bond donors (Lipinski definition) is 2. The van der Waals surface area contributed by atoms with Crippen LogP contribution in [0.15, 0.2) is 24.5 Å². The Morgan fingerprint density at radius 3 is 2.64 bits per heavy atom. The number of carbonyl (C=O) groups is 2. The highest BCUT2D eigenvalue weighted by molar-refractivity contribution is 5.95. The predicted octanol–water partition coefficient (Wildman–Crippen LogP) is 0.663. The first-order valence-corrected chi connectivity index (χ1v) is 7.39. The number of piperazine rings is 1. The van der Waals surface area contributed by atoms with Gasteiger partial charge in [-0.1, -0.05) is 0 Å². The topological polar surface area (TPSA) is 74.3 Å². The number of amides is 2. The normalized spacial score (nSPS) is 21.9. The van der Waals surface area contributed by atoms with E-state index in [2.05, 4.69) is 29.5 Å². The number of pyridine rings is 1. The van der Waals surface area contributed by atoms with E-state index in [-0.39, 0.29) is 11.8 Å². The molecule has 6 heteroatoms. The number of aromatic nitrogens is 1. The van der Waals surface area contributed by atoms with Crippen molar-refractivity contribution in [3.63, 3.8) is 0 Å². The summed E-state index contributed by atoms with van der Waals surface area (Å²) in [6.45, 7) is 5.53. The van der Waals surface area contributed by atoms with Gasteiger partial charge in [0.2, 0.25) is 5.91 Å². The molecule has 1 aliphatic heterocycles. The van der Waals surface area contributed by atoms with E-state index in [1.165, 1.54) is 12.3 Å². The van der Waals surface area contributed by atoms with Gasteiger partial charge in [0.25, 0.3) is 5.91 Å². The van der Waals surface area contributed by atoms with E-state index in [1.807, 2.05) is 4.90 Å². The van der Waals surface area contributed by atoms with Crippen molar-refractivity contribution in [2.75, 3.05) is 20.1 Å². The molecule has 2 atom stereocenters. The lowest BCUT2D eigenvalue weighted by Gasteiger charge is -2.35. The highest BCUT2D eigenvalue weighted by Gasteiger charge is 2.23. The van der Waals surface area contributed by atoms with Gasteiger partial charge >= 0.3 is 0 Å². The minimum atomic E-state index is -0.196. The highest BCUT2D eigenvalue weighted by atomic mass is 16.2. The lowest BCUT2D eigenvalue weighted by atomic mass is 10.1. The van der Waals surface area contributed by atoms with Crippen LogP contribution in [-0.2, 0) is 4.79 Å². The van der Waals surface area contributed by atoms with E-state index < -0.39 is 0 Å². The Balaban J connectivity index is 2.05. The Kier molecular flexibility index (Phi) is 5.27. The van der Waals surface area contributed by atoms with Crippen LogP contribution >= 0.6 is 0 Å². The number of hydrogen-bond acceptors (Lipinski definition) is 4. The highest BCUT2D eigenvalue weighted by Crippen LogP contribution is 2.08. The van der Waals surface area contributed by atoms with Crippen LogP contribution in [0.5, 0.6) is 0 Å². The van der Waals surface area contributed by atoms with Crippen molar-refractivity contribution in [3.8, 4) is 0 Å². The minimum Gasteiger partial charge on any atom is -0.355 e. The molecule has 2 unspecified atom stereocenters. The van der Waals surface area contributed by atoms with Crippen LogP contribution in [-0.4, -0.2) is 53.9 Å². The Morgan fingerprint density at radius 1 is 1.32 bits per heavy atom. The van der Waals surface area contributed by atoms with Gasteiger partial charge in [-0.2, -0.15) is 0 Å². The molecule has 0 saturated carbocycles. The zero-order chi connectivity index (χ0) is 16.1. The fourth-order valence-corrected chi connectivity index (χ4v) is 2.60. The Hall–Kier alpha value is -2.21. The van der Waals surface area contributed by atoms with Crippen LogP contribution in [0.3, 0.4) is 0 Å². The molecule has 1 aromatic heterocycles. The van der Waals surface area contributed by atoms with E-state index in [1.54, 1.807) is 25.4 Å². The molecule has 2 heterocycles. The van der Waals surface area contributed by atoms with Crippen LogP contribution in [0.1, 0.15) is 29.8 Å². The third kappa shape index (κ3) is 4.14. The predicted molar refractivity (Wildman–Crippen MR) is 85.3 cm³/mol. The molecule has 0 bridgehead atoms. The Labute approximate surface area is 130 Å². The van der Waals surface area contributed by atoms with Crippen molar-refractivity contribution in [3.05, 3.63) is 35.7 Å². The molecule has 0 radical (unpaired) electrons. The third-order valence-electron chi connectivity index (χ3n) is 3.54. The largest absolute Gasteiger partial charge is 0.355 e. The van der Waals surface area contributed by atoms with Gasteiger partial charge in [-0.05, 0) is 31.6 Å². The monoisotopic (exact) mass is 302 g/mol. The van der Waals surface area contributed by atoms with E-state index in [4.69, 9.17) is 0 Å². The van der Waals surface area contributed by atoms with Crippen LogP contribution in [0.25, 0.3) is 6.08 Å². The van der Waals surface area contributed by atoms with Gasteiger partial charge in [0, 0.05) is 50.7 Å². The summed E-state index contributed by atoms with van der Waals surface area (Å²) in [6.07, 6.45) is 6.35. The Bertz CT molecular complexity index is 575. The van der Waals surface area contributed by atoms with Gasteiger partial charge in [-0.15, -0.1) is 0 Å². The van der Waals surface area contributed by atoms with Crippen LogP contribution in [0.4, 0.5) is 0 Å². The molecule has 0 aromatic carbocycles. The molecular formula is C16H22N4O2. The standard InChI is InChI=1S/C16H22N4O2/c1-11-9-20(10-12(2)19-11)15(21)5-4-13-6-14(8-18-7-13)16(22)17-3/h4-8,11-12,19H,9-10H2,1-3H3,(H,17,22)/b5-4+. The minimum absolute atomic E-state index is 0.0226. The van der Waals surface area contributed by atoms with Gasteiger partial charge in [0.15, 0.2) is 0 Å². The summed E-state index contributed by atoms with van der Waals surface area (Å²) in [5.41, 5.74) is 1.20. The van der Waals surface area contributed by atoms with Gasteiger partial charge < -0.3 is 15.5 Å². The zero-order valence-corrected chi connectivity index (χ0v) is 13.2. The number of carbonyl (C=O) groups excluding carboxylic acids is 2. The molecule has 2 rings (SSSR count). The molecule has 6 nitrogen and oxygen atoms in total. The summed E-state index contributed by atoms with van der Waals surface area (Å²) in [5.74, 6) is -0.218. The molecular weight excluding hydrogens is 280 g/mol. The molecule has 0 spiro atoms. The maximum absolute atomic E-state index is 12.2. The van der Waals surface area contributed by atoms with Crippen LogP contribution in [0, 0.1) is 0 Å². The average Bonchev–Trinajstić information content (AvgIpc) is 2.51. The van der Waals surface area contributed by atoms with Crippen molar-refractivity contribution in [2.45, 2.75) is 25.9 Å². The third-order valence-corrected chi connectivity index (χ3v) is 3.54. The van der Waals surface area contributed by atoms with E-state index >= 15 is 0 Å². The van der Waals surface area contributed by atoms with Gasteiger partial charge in [-0.3, -0.25) is 14.6 Å². The summed E-state index contributed by atoms with van der Waals surface area (Å²) < 4.78 is 0. The molecule has 0 aliphatic carbocycles. The molecule has 118 valence electrons. The Morgan fingerprint density at radius 2 is 2.00 bits per heavy atom. The summed E-state index contributed by atoms with van der Waals surface area (Å²) in [7, 11) is 1.57. The molecule has 1 aromatic rings. The SMILES string of the molecule is CNC(=O)c1cncc(/C=C/C(=O)N2CC(C)NC(C)C2)c1. The molecule has 22 heavy (non-hydrogen) atoms. The quantitative estimate of drug-likeness (QED) is 0.805. The van der Waals surface area contributed by atoms with Crippen molar-refractivity contribution in [1.82, 2.24) is 20.5 Å². The van der Waals surface area contributed by atoms with Gasteiger partial charge in [0.1, 0.15) is 0 Å². The maximum atomic E-state index is 12.2. The van der Waals surface area contributed by atoms with Gasteiger partial charge in [-0.25, -0.2) is 0 Å². The van der Waals surface area contributed by atoms with E-state index in [0.29, 0.717) is 30.7 Å². The number of nitrogens with zero attached hydrogens (tertiary/aromatic N) is 2. The summed E-state index contributed by atoms with van der Waals surface area (Å²) in [6, 6.07) is 2.29. The van der Waals surface area contributed by atoms with E-state index in [0.717, 1.165) is 5.56 Å². The van der Waals surface area contributed by atoms with Crippen molar-refractivity contribution in [2.24, 2.45) is 0 Å². The fraction of sp³-hybridized carbons (Fsp3) is 0.438. The lowest BCUT2D eigenvalue weighted by Crippen LogP contribution is -2.55. The molecule has 2 amide bonds. The second-order valence-electron chi connectivity index (χ2n) is 5.63. The zero-order valence-electron chi connectivity index (χ0n) is 13.2. The van der Waals surface area contributed by atoms with Crippen molar-refractivity contribution >= 4 is 17.9 Å². The van der Waals surface area contributed by atoms with Crippen molar-refractivity contribution in [1.29, 1.82) is 0 Å². The van der Waals surface area contributed by atoms with Crippen molar-refractivity contribution < 1.29 is 9.59 Å². The second kappa shape index (κ2) is 7.17. The average molecular weight is 302 g/mol. The molecule has 2 N–H and O–H groups in total. The second-order valence-corrected chi connectivity index (χ2v) is 5.63.